The van der Waals surface area contributed by atoms with Gasteiger partial charge in [0.2, 0.25) is 0 Å². The van der Waals surface area contributed by atoms with Crippen LogP contribution in [0.4, 0.5) is 5.82 Å². The Balaban J connectivity index is 1.28. The number of nitrogen functional groups attached to an aromatic ring is 1. The Labute approximate surface area is 243 Å². The largest absolute Gasteiger partial charge is 0.469 e. The normalized spacial score (nSPS) is 11.1. The number of imidazole rings is 1. The first-order valence-electron chi connectivity index (χ1n) is 13.7. The van der Waals surface area contributed by atoms with Gasteiger partial charge in [0, 0.05) is 30.5 Å². The Kier molecular flexibility index (Phi) is 7.70. The summed E-state index contributed by atoms with van der Waals surface area (Å²) in [5, 5.41) is 3.49. The molecular formula is C34H30N6O2. The molecule has 0 aliphatic rings. The average molecular weight is 555 g/mol. The first-order chi connectivity index (χ1) is 20.6. The summed E-state index contributed by atoms with van der Waals surface area (Å²) in [4.78, 5) is 25.9. The lowest BCUT2D eigenvalue weighted by Gasteiger charge is -2.12. The molecule has 0 atom stereocenters. The molecule has 8 heteroatoms. The second-order valence-corrected chi connectivity index (χ2v) is 9.96. The quantitative estimate of drug-likeness (QED) is 0.220. The Morgan fingerprint density at radius 2 is 1.62 bits per heavy atom. The van der Waals surface area contributed by atoms with E-state index in [2.05, 4.69) is 34.6 Å². The molecule has 6 aromatic rings. The van der Waals surface area contributed by atoms with Crippen molar-refractivity contribution in [3.05, 3.63) is 126 Å². The Morgan fingerprint density at radius 1 is 0.833 bits per heavy atom. The van der Waals surface area contributed by atoms with Crippen LogP contribution in [-0.4, -0.2) is 32.6 Å². The van der Waals surface area contributed by atoms with Crippen LogP contribution in [0.2, 0.25) is 0 Å². The second-order valence-electron chi connectivity index (χ2n) is 9.96. The maximum atomic E-state index is 11.6. The molecule has 8 nitrogen and oxygen atoms in total. The number of nitrogens with one attached hydrogen (secondary N) is 1. The van der Waals surface area contributed by atoms with Crippen molar-refractivity contribution in [3.8, 4) is 28.3 Å². The van der Waals surface area contributed by atoms with Gasteiger partial charge in [0.1, 0.15) is 11.3 Å². The van der Waals surface area contributed by atoms with Crippen LogP contribution in [0.5, 0.6) is 0 Å². The van der Waals surface area contributed by atoms with Gasteiger partial charge in [-0.1, -0.05) is 66.7 Å². The fraction of sp³-hybridized carbons (Fsp3) is 0.118. The maximum absolute atomic E-state index is 11.6. The molecule has 3 aromatic heterocycles. The number of anilines is 1. The highest BCUT2D eigenvalue weighted by Gasteiger charge is 2.18. The molecule has 3 N–H and O–H groups in total. The minimum absolute atomic E-state index is 0.244. The van der Waals surface area contributed by atoms with Crippen LogP contribution in [0, 0.1) is 0 Å². The lowest BCUT2D eigenvalue weighted by atomic mass is 10.1. The molecule has 3 heterocycles. The number of carbonyl (C=O) groups excluding carboxylic acids is 1. The van der Waals surface area contributed by atoms with Crippen molar-refractivity contribution in [2.75, 3.05) is 12.8 Å². The molecule has 208 valence electrons. The van der Waals surface area contributed by atoms with Gasteiger partial charge in [0.15, 0.2) is 11.5 Å². The van der Waals surface area contributed by atoms with Crippen molar-refractivity contribution in [1.29, 1.82) is 0 Å². The topological polar surface area (TPSA) is 108 Å². The minimum atomic E-state index is -0.244. The third-order valence-electron chi connectivity index (χ3n) is 7.07. The molecule has 0 aliphatic carbocycles. The lowest BCUT2D eigenvalue weighted by Crippen LogP contribution is -2.13. The van der Waals surface area contributed by atoms with Crippen molar-refractivity contribution < 1.29 is 9.53 Å². The van der Waals surface area contributed by atoms with Gasteiger partial charge < -0.3 is 15.8 Å². The number of methoxy groups -OCH3 is 1. The number of esters is 1. The number of nitrogens with two attached hydrogens (primary N) is 1. The number of ether oxygens (including phenoxy) is 1. The van der Waals surface area contributed by atoms with Crippen molar-refractivity contribution in [2.45, 2.75) is 19.5 Å². The van der Waals surface area contributed by atoms with Gasteiger partial charge in [0.05, 0.1) is 24.8 Å². The summed E-state index contributed by atoms with van der Waals surface area (Å²) in [5.74, 6) is 0.853. The molecule has 0 spiro atoms. The summed E-state index contributed by atoms with van der Waals surface area (Å²) in [7, 11) is 1.40. The molecular weight excluding hydrogens is 524 g/mol. The molecule has 3 aromatic carbocycles. The van der Waals surface area contributed by atoms with Gasteiger partial charge in [0.25, 0.3) is 0 Å². The third kappa shape index (κ3) is 5.75. The number of hydrogen-bond donors (Lipinski definition) is 2. The predicted octanol–water partition coefficient (Wildman–Crippen LogP) is 5.74. The van der Waals surface area contributed by atoms with Crippen molar-refractivity contribution >= 4 is 23.0 Å². The molecule has 0 radical (unpaired) electrons. The predicted molar refractivity (Wildman–Crippen MR) is 165 cm³/mol. The monoisotopic (exact) mass is 554 g/mol. The smallest absolute Gasteiger partial charge is 0.309 e. The Bertz CT molecular complexity index is 1850. The van der Waals surface area contributed by atoms with Crippen molar-refractivity contribution in [3.63, 3.8) is 0 Å². The van der Waals surface area contributed by atoms with E-state index in [0.717, 1.165) is 50.4 Å². The average Bonchev–Trinajstić information content (AvgIpc) is 3.41. The summed E-state index contributed by atoms with van der Waals surface area (Å²) in [6, 6.07) is 34.2. The Hall–Kier alpha value is -5.34. The van der Waals surface area contributed by atoms with E-state index in [9.17, 15) is 4.79 Å². The number of fused-ring (bicyclic) bond motifs is 1. The molecule has 6 rings (SSSR count). The fourth-order valence-corrected chi connectivity index (χ4v) is 4.96. The molecule has 0 fully saturated rings. The molecule has 42 heavy (non-hydrogen) atoms. The first kappa shape index (κ1) is 26.9. The molecule has 0 bridgehead atoms. The van der Waals surface area contributed by atoms with Crippen LogP contribution in [-0.2, 0) is 29.0 Å². The fourth-order valence-electron chi connectivity index (χ4n) is 4.96. The minimum Gasteiger partial charge on any atom is -0.469 e. The molecule has 0 saturated heterocycles. The summed E-state index contributed by atoms with van der Waals surface area (Å²) >= 11 is 0. The van der Waals surface area contributed by atoms with Crippen LogP contribution in [0.25, 0.3) is 39.5 Å². The van der Waals surface area contributed by atoms with Gasteiger partial charge in [-0.2, -0.15) is 0 Å². The summed E-state index contributed by atoms with van der Waals surface area (Å²) < 4.78 is 6.82. The van der Waals surface area contributed by atoms with E-state index in [1.807, 2.05) is 83.4 Å². The zero-order valence-corrected chi connectivity index (χ0v) is 23.2. The molecule has 0 unspecified atom stereocenters. The van der Waals surface area contributed by atoms with E-state index in [1.54, 1.807) is 6.20 Å². The molecule has 0 amide bonds. The van der Waals surface area contributed by atoms with E-state index in [0.29, 0.717) is 24.7 Å². The van der Waals surface area contributed by atoms with Gasteiger partial charge >= 0.3 is 5.97 Å². The van der Waals surface area contributed by atoms with Crippen LogP contribution >= 0.6 is 0 Å². The zero-order chi connectivity index (χ0) is 28.9. The van der Waals surface area contributed by atoms with E-state index in [-0.39, 0.29) is 12.4 Å². The molecule has 0 aliphatic heterocycles. The first-order valence-corrected chi connectivity index (χ1v) is 13.7. The van der Waals surface area contributed by atoms with Crippen LogP contribution in [0.3, 0.4) is 0 Å². The summed E-state index contributed by atoms with van der Waals surface area (Å²) in [6.45, 7) is 1.37. The van der Waals surface area contributed by atoms with Crippen LogP contribution in [0.15, 0.2) is 109 Å². The van der Waals surface area contributed by atoms with Gasteiger partial charge in [-0.3, -0.25) is 9.36 Å². The van der Waals surface area contributed by atoms with Gasteiger partial charge in [-0.25, -0.2) is 15.0 Å². The van der Waals surface area contributed by atoms with Gasteiger partial charge in [-0.15, -0.1) is 0 Å². The number of benzene rings is 3. The van der Waals surface area contributed by atoms with Crippen LogP contribution in [0.1, 0.15) is 16.7 Å². The number of aromatic nitrogens is 4. The van der Waals surface area contributed by atoms with Gasteiger partial charge in [-0.05, 0) is 53.1 Å². The SMILES string of the molecule is COC(=O)Cc1cccc(CNCc2ccc(-n3c(-c4cccnc4N)nc4ccc(-c5ccccc5)nc43)cc2)c1. The van der Waals surface area contributed by atoms with E-state index >= 15 is 0 Å². The number of carbonyl (C=O) groups is 1. The van der Waals surface area contributed by atoms with Crippen LogP contribution < -0.4 is 11.1 Å². The molecule has 0 saturated carbocycles. The highest BCUT2D eigenvalue weighted by molar-refractivity contribution is 5.84. The third-order valence-corrected chi connectivity index (χ3v) is 7.07. The highest BCUT2D eigenvalue weighted by atomic mass is 16.5. The maximum Gasteiger partial charge on any atom is 0.309 e. The van der Waals surface area contributed by atoms with Crippen molar-refractivity contribution in [1.82, 2.24) is 24.8 Å². The number of rotatable bonds is 9. The second kappa shape index (κ2) is 12.0. The van der Waals surface area contributed by atoms with E-state index in [1.165, 1.54) is 7.11 Å². The summed E-state index contributed by atoms with van der Waals surface area (Å²) in [6.07, 6.45) is 1.94. The Morgan fingerprint density at radius 3 is 2.40 bits per heavy atom. The van der Waals surface area contributed by atoms with E-state index < -0.39 is 0 Å². The van der Waals surface area contributed by atoms with E-state index in [4.69, 9.17) is 20.4 Å². The number of pyridine rings is 2. The standard InChI is InChI=1S/C34H30N6O2/c1-42-31(41)20-24-7-5-8-25(19-24)22-36-21-23-12-14-27(15-13-23)40-33(28-11-6-18-37-32(28)35)39-30-17-16-29(38-34(30)40)26-9-3-2-4-10-26/h2-19,36H,20-22H2,1H3,(H2,35,37). The number of nitrogens with zero attached hydrogens (tertiary/aromatic N) is 4. The summed E-state index contributed by atoms with van der Waals surface area (Å²) in [5.41, 5.74) is 14.6. The van der Waals surface area contributed by atoms with Crippen molar-refractivity contribution in [2.24, 2.45) is 0 Å². The highest BCUT2D eigenvalue weighted by Crippen LogP contribution is 2.31. The number of hydrogen-bond acceptors (Lipinski definition) is 7. The lowest BCUT2D eigenvalue weighted by molar-refractivity contribution is -0.139. The zero-order valence-electron chi connectivity index (χ0n) is 23.2.